The second kappa shape index (κ2) is 9.78. The first-order chi connectivity index (χ1) is 13.6. The lowest BCUT2D eigenvalue weighted by Crippen LogP contribution is -3.15. The molecule has 1 aromatic carbocycles. The standard InChI is InChI=1S/C21H31N3O4/c1-3-27-18-8-7-17(15-19(18)28-4-2)21(26)24-13-11-22(12-14-24)16-20(25)23-9-5-6-10-23/h7-8,15H,3-6,9-14,16H2,1-2H3/p+1. The van der Waals surface area contributed by atoms with Gasteiger partial charge in [-0.25, -0.2) is 0 Å². The highest BCUT2D eigenvalue weighted by Crippen LogP contribution is 2.29. The summed E-state index contributed by atoms with van der Waals surface area (Å²) in [4.78, 5) is 30.4. The van der Waals surface area contributed by atoms with E-state index in [0.717, 1.165) is 39.0 Å². The fourth-order valence-corrected chi connectivity index (χ4v) is 3.86. The number of quaternary nitrogens is 1. The molecular weight excluding hydrogens is 358 g/mol. The van der Waals surface area contributed by atoms with Crippen LogP contribution in [-0.4, -0.2) is 80.6 Å². The largest absolute Gasteiger partial charge is 0.490 e. The van der Waals surface area contributed by atoms with Crippen molar-refractivity contribution < 1.29 is 24.0 Å². The van der Waals surface area contributed by atoms with E-state index in [4.69, 9.17) is 9.47 Å². The lowest BCUT2D eigenvalue weighted by Gasteiger charge is -2.32. The van der Waals surface area contributed by atoms with Crippen LogP contribution in [0.15, 0.2) is 18.2 Å². The Morgan fingerprint density at radius 1 is 0.929 bits per heavy atom. The summed E-state index contributed by atoms with van der Waals surface area (Å²) in [6.45, 7) is 10.2. The van der Waals surface area contributed by atoms with E-state index >= 15 is 0 Å². The van der Waals surface area contributed by atoms with Gasteiger partial charge in [0.25, 0.3) is 11.8 Å². The maximum atomic E-state index is 12.9. The Bertz CT molecular complexity index is 680. The van der Waals surface area contributed by atoms with Crippen molar-refractivity contribution in [3.8, 4) is 11.5 Å². The molecule has 154 valence electrons. The summed E-state index contributed by atoms with van der Waals surface area (Å²) in [6.07, 6.45) is 2.24. The molecule has 2 heterocycles. The number of nitrogens with one attached hydrogen (secondary N) is 1. The van der Waals surface area contributed by atoms with Crippen LogP contribution in [0.3, 0.4) is 0 Å². The van der Waals surface area contributed by atoms with Gasteiger partial charge in [-0.05, 0) is 44.9 Å². The Labute approximate surface area is 167 Å². The fourth-order valence-electron chi connectivity index (χ4n) is 3.86. The molecule has 2 aliphatic rings. The van der Waals surface area contributed by atoms with Crippen molar-refractivity contribution in [2.45, 2.75) is 26.7 Å². The van der Waals surface area contributed by atoms with Crippen molar-refractivity contribution >= 4 is 11.8 Å². The zero-order valence-corrected chi connectivity index (χ0v) is 17.0. The summed E-state index contributed by atoms with van der Waals surface area (Å²) in [5.41, 5.74) is 0.614. The van der Waals surface area contributed by atoms with Crippen molar-refractivity contribution in [2.75, 3.05) is 59.0 Å². The summed E-state index contributed by atoms with van der Waals surface area (Å²) in [6, 6.07) is 5.37. The van der Waals surface area contributed by atoms with Crippen molar-refractivity contribution in [1.29, 1.82) is 0 Å². The summed E-state index contributed by atoms with van der Waals surface area (Å²) in [5.74, 6) is 1.53. The van der Waals surface area contributed by atoms with Crippen LogP contribution in [0, 0.1) is 0 Å². The maximum absolute atomic E-state index is 12.9. The van der Waals surface area contributed by atoms with Crippen LogP contribution < -0.4 is 14.4 Å². The number of piperazine rings is 1. The third kappa shape index (κ3) is 4.95. The second-order valence-electron chi connectivity index (χ2n) is 7.33. The van der Waals surface area contributed by atoms with Gasteiger partial charge in [-0.15, -0.1) is 0 Å². The Kier molecular flexibility index (Phi) is 7.14. The van der Waals surface area contributed by atoms with Gasteiger partial charge in [-0.3, -0.25) is 9.59 Å². The van der Waals surface area contributed by atoms with Crippen LogP contribution in [0.5, 0.6) is 11.5 Å². The van der Waals surface area contributed by atoms with E-state index in [9.17, 15) is 9.59 Å². The molecule has 2 fully saturated rings. The molecule has 0 radical (unpaired) electrons. The number of likely N-dealkylation sites (tertiary alicyclic amines) is 1. The minimum Gasteiger partial charge on any atom is -0.490 e. The summed E-state index contributed by atoms with van der Waals surface area (Å²) in [7, 11) is 0. The second-order valence-corrected chi connectivity index (χ2v) is 7.33. The van der Waals surface area contributed by atoms with E-state index in [2.05, 4.69) is 0 Å². The van der Waals surface area contributed by atoms with Crippen molar-refractivity contribution in [3.05, 3.63) is 23.8 Å². The minimum atomic E-state index is 0.00826. The molecule has 0 aliphatic carbocycles. The van der Waals surface area contributed by atoms with E-state index in [-0.39, 0.29) is 11.8 Å². The summed E-state index contributed by atoms with van der Waals surface area (Å²) < 4.78 is 11.2. The quantitative estimate of drug-likeness (QED) is 0.734. The van der Waals surface area contributed by atoms with Crippen LogP contribution in [0.4, 0.5) is 0 Å². The molecule has 0 bridgehead atoms. The van der Waals surface area contributed by atoms with E-state index in [1.165, 1.54) is 4.90 Å². The monoisotopic (exact) mass is 390 g/mol. The van der Waals surface area contributed by atoms with E-state index in [0.29, 0.717) is 49.9 Å². The van der Waals surface area contributed by atoms with E-state index in [1.807, 2.05) is 23.6 Å². The van der Waals surface area contributed by atoms with Gasteiger partial charge in [0.05, 0.1) is 39.4 Å². The van der Waals surface area contributed by atoms with Crippen LogP contribution in [0.1, 0.15) is 37.0 Å². The Balaban J connectivity index is 1.55. The van der Waals surface area contributed by atoms with Gasteiger partial charge in [0, 0.05) is 18.7 Å². The third-order valence-electron chi connectivity index (χ3n) is 5.41. The summed E-state index contributed by atoms with van der Waals surface area (Å²) in [5, 5.41) is 0. The number of carbonyl (C=O) groups excluding carboxylic acids is 2. The normalized spacial score (nSPS) is 17.6. The maximum Gasteiger partial charge on any atom is 0.277 e. The van der Waals surface area contributed by atoms with Gasteiger partial charge in [-0.2, -0.15) is 0 Å². The molecule has 7 heteroatoms. The molecule has 2 aliphatic heterocycles. The Hall–Kier alpha value is -2.28. The number of ether oxygens (including phenoxy) is 2. The molecule has 1 aromatic rings. The lowest BCUT2D eigenvalue weighted by atomic mass is 10.1. The van der Waals surface area contributed by atoms with Crippen molar-refractivity contribution in [1.82, 2.24) is 9.80 Å². The number of carbonyl (C=O) groups is 2. The van der Waals surface area contributed by atoms with E-state index in [1.54, 1.807) is 18.2 Å². The average molecular weight is 391 g/mol. The molecular formula is C21H32N3O4+. The van der Waals surface area contributed by atoms with Crippen LogP contribution in [0.2, 0.25) is 0 Å². The first-order valence-corrected chi connectivity index (χ1v) is 10.4. The Morgan fingerprint density at radius 3 is 2.21 bits per heavy atom. The first-order valence-electron chi connectivity index (χ1n) is 10.4. The first kappa shape index (κ1) is 20.5. The molecule has 28 heavy (non-hydrogen) atoms. The molecule has 0 spiro atoms. The zero-order valence-electron chi connectivity index (χ0n) is 17.0. The number of hydrogen-bond donors (Lipinski definition) is 1. The van der Waals surface area contributed by atoms with Crippen molar-refractivity contribution in [3.63, 3.8) is 0 Å². The van der Waals surface area contributed by atoms with Crippen molar-refractivity contribution in [2.24, 2.45) is 0 Å². The van der Waals surface area contributed by atoms with E-state index < -0.39 is 0 Å². The van der Waals surface area contributed by atoms with Gasteiger partial charge >= 0.3 is 0 Å². The number of nitrogens with zero attached hydrogens (tertiary/aromatic N) is 2. The van der Waals surface area contributed by atoms with Crippen LogP contribution in [0.25, 0.3) is 0 Å². The van der Waals surface area contributed by atoms with Crippen LogP contribution in [-0.2, 0) is 4.79 Å². The highest BCUT2D eigenvalue weighted by molar-refractivity contribution is 5.95. The highest BCUT2D eigenvalue weighted by atomic mass is 16.5. The molecule has 3 rings (SSSR count). The van der Waals surface area contributed by atoms with Gasteiger partial charge < -0.3 is 24.2 Å². The summed E-state index contributed by atoms with van der Waals surface area (Å²) >= 11 is 0. The molecule has 0 atom stereocenters. The predicted molar refractivity (Wildman–Crippen MR) is 106 cm³/mol. The molecule has 0 aromatic heterocycles. The number of rotatable bonds is 7. The molecule has 1 N–H and O–H groups in total. The minimum absolute atomic E-state index is 0.00826. The van der Waals surface area contributed by atoms with Crippen LogP contribution >= 0.6 is 0 Å². The molecule has 0 unspecified atom stereocenters. The lowest BCUT2D eigenvalue weighted by molar-refractivity contribution is -0.896. The predicted octanol–water partition coefficient (Wildman–Crippen LogP) is 0.447. The van der Waals surface area contributed by atoms with Gasteiger partial charge in [0.2, 0.25) is 0 Å². The number of amides is 2. The van der Waals surface area contributed by atoms with Gasteiger partial charge in [0.15, 0.2) is 18.0 Å². The highest BCUT2D eigenvalue weighted by Gasteiger charge is 2.28. The molecule has 2 saturated heterocycles. The molecule has 2 amide bonds. The number of benzene rings is 1. The van der Waals surface area contributed by atoms with Gasteiger partial charge in [0.1, 0.15) is 0 Å². The average Bonchev–Trinajstić information content (AvgIpc) is 3.25. The third-order valence-corrected chi connectivity index (χ3v) is 5.41. The van der Waals surface area contributed by atoms with Gasteiger partial charge in [-0.1, -0.05) is 0 Å². The number of hydrogen-bond acceptors (Lipinski definition) is 4. The molecule has 0 saturated carbocycles. The zero-order chi connectivity index (χ0) is 19.9. The fraction of sp³-hybridized carbons (Fsp3) is 0.619. The topological polar surface area (TPSA) is 63.5 Å². The Morgan fingerprint density at radius 2 is 1.57 bits per heavy atom. The smallest absolute Gasteiger partial charge is 0.277 e. The molecule has 7 nitrogen and oxygen atoms in total. The SMILES string of the molecule is CCOc1ccc(C(=O)N2CC[NH+](CC(=O)N3CCCC3)CC2)cc1OCC.